The SMILES string of the molecule is CCCCc1ccc(-c2ccc(-c3ccc(C(F)(F)F)nc3)cc2)cc1F. The highest BCUT2D eigenvalue weighted by Crippen LogP contribution is 2.30. The van der Waals surface area contributed by atoms with Crippen LogP contribution in [0.15, 0.2) is 60.8 Å². The molecule has 0 unspecified atom stereocenters. The number of aryl methyl sites for hydroxylation is 1. The molecule has 0 spiro atoms. The first kappa shape index (κ1) is 19.1. The van der Waals surface area contributed by atoms with Crippen molar-refractivity contribution in [2.75, 3.05) is 0 Å². The van der Waals surface area contributed by atoms with Crippen LogP contribution in [0.2, 0.25) is 0 Å². The van der Waals surface area contributed by atoms with Gasteiger partial charge in [0.2, 0.25) is 0 Å². The molecule has 0 fully saturated rings. The second kappa shape index (κ2) is 7.91. The average molecular weight is 373 g/mol. The van der Waals surface area contributed by atoms with E-state index < -0.39 is 11.9 Å². The highest BCUT2D eigenvalue weighted by molar-refractivity contribution is 5.70. The van der Waals surface area contributed by atoms with Crippen LogP contribution < -0.4 is 0 Å². The summed E-state index contributed by atoms with van der Waals surface area (Å²) in [7, 11) is 0. The third-order valence-electron chi connectivity index (χ3n) is 4.46. The molecule has 5 heteroatoms. The summed E-state index contributed by atoms with van der Waals surface area (Å²) in [6, 6.07) is 14.8. The topological polar surface area (TPSA) is 12.9 Å². The summed E-state index contributed by atoms with van der Waals surface area (Å²) in [5, 5.41) is 0. The Morgan fingerprint density at radius 2 is 1.41 bits per heavy atom. The van der Waals surface area contributed by atoms with Crippen LogP contribution in [-0.2, 0) is 12.6 Å². The van der Waals surface area contributed by atoms with E-state index in [0.717, 1.165) is 42.0 Å². The maximum Gasteiger partial charge on any atom is 0.433 e. The van der Waals surface area contributed by atoms with Crippen molar-refractivity contribution < 1.29 is 17.6 Å². The fourth-order valence-corrected chi connectivity index (χ4v) is 2.88. The van der Waals surface area contributed by atoms with E-state index >= 15 is 0 Å². The zero-order valence-corrected chi connectivity index (χ0v) is 14.9. The molecule has 0 saturated carbocycles. The molecule has 1 aromatic heterocycles. The Labute approximate surface area is 155 Å². The predicted octanol–water partition coefficient (Wildman–Crippen LogP) is 6.92. The van der Waals surface area contributed by atoms with E-state index in [4.69, 9.17) is 0 Å². The lowest BCUT2D eigenvalue weighted by molar-refractivity contribution is -0.141. The number of halogens is 4. The zero-order chi connectivity index (χ0) is 19.4. The molecule has 0 aliphatic carbocycles. The van der Waals surface area contributed by atoms with Gasteiger partial charge in [0.25, 0.3) is 0 Å². The fourth-order valence-electron chi connectivity index (χ4n) is 2.88. The van der Waals surface area contributed by atoms with Gasteiger partial charge in [0.1, 0.15) is 11.5 Å². The Balaban J connectivity index is 1.80. The third-order valence-corrected chi connectivity index (χ3v) is 4.46. The zero-order valence-electron chi connectivity index (χ0n) is 14.9. The summed E-state index contributed by atoms with van der Waals surface area (Å²) in [6.45, 7) is 2.07. The minimum atomic E-state index is -4.45. The Morgan fingerprint density at radius 1 is 0.815 bits per heavy atom. The van der Waals surface area contributed by atoms with Gasteiger partial charge in [-0.3, -0.25) is 4.98 Å². The van der Waals surface area contributed by atoms with E-state index in [1.54, 1.807) is 12.1 Å². The lowest BCUT2D eigenvalue weighted by atomic mass is 9.99. The Bertz CT molecular complexity index is 897. The molecule has 1 heterocycles. The first-order valence-electron chi connectivity index (χ1n) is 8.81. The van der Waals surface area contributed by atoms with Crippen LogP contribution in [0.5, 0.6) is 0 Å². The van der Waals surface area contributed by atoms with Crippen molar-refractivity contribution >= 4 is 0 Å². The van der Waals surface area contributed by atoms with Crippen LogP contribution in [0.25, 0.3) is 22.3 Å². The molecule has 2 aromatic carbocycles. The number of nitrogens with zero attached hydrogens (tertiary/aromatic N) is 1. The number of pyridine rings is 1. The van der Waals surface area contributed by atoms with Crippen LogP contribution in [0.1, 0.15) is 31.0 Å². The van der Waals surface area contributed by atoms with Gasteiger partial charge >= 0.3 is 6.18 Å². The van der Waals surface area contributed by atoms with Crippen molar-refractivity contribution in [1.29, 1.82) is 0 Å². The number of alkyl halides is 3. The minimum absolute atomic E-state index is 0.211. The summed E-state index contributed by atoms with van der Waals surface area (Å²) in [6.07, 6.45) is -0.550. The highest BCUT2D eigenvalue weighted by Gasteiger charge is 2.32. The maximum absolute atomic E-state index is 14.2. The molecule has 0 N–H and O–H groups in total. The molecule has 3 aromatic rings. The van der Waals surface area contributed by atoms with E-state index in [2.05, 4.69) is 11.9 Å². The molecule has 27 heavy (non-hydrogen) atoms. The van der Waals surface area contributed by atoms with Gasteiger partial charge in [0.05, 0.1) is 0 Å². The Kier molecular flexibility index (Phi) is 5.59. The number of unbranched alkanes of at least 4 members (excludes halogenated alkanes) is 1. The number of rotatable bonds is 5. The van der Waals surface area contributed by atoms with Gasteiger partial charge < -0.3 is 0 Å². The van der Waals surface area contributed by atoms with E-state index in [9.17, 15) is 17.6 Å². The van der Waals surface area contributed by atoms with Crippen LogP contribution in [0.4, 0.5) is 17.6 Å². The van der Waals surface area contributed by atoms with Crippen LogP contribution in [-0.4, -0.2) is 4.98 Å². The number of benzene rings is 2. The molecule has 0 atom stereocenters. The molecule has 140 valence electrons. The molecule has 1 nitrogen and oxygen atoms in total. The molecule has 0 radical (unpaired) electrons. The van der Waals surface area contributed by atoms with Crippen molar-refractivity contribution in [1.82, 2.24) is 4.98 Å². The van der Waals surface area contributed by atoms with Crippen molar-refractivity contribution in [3.63, 3.8) is 0 Å². The van der Waals surface area contributed by atoms with E-state index in [1.165, 1.54) is 18.3 Å². The van der Waals surface area contributed by atoms with Gasteiger partial charge in [0, 0.05) is 11.8 Å². The number of hydrogen-bond acceptors (Lipinski definition) is 1. The van der Waals surface area contributed by atoms with Crippen molar-refractivity contribution in [2.24, 2.45) is 0 Å². The van der Waals surface area contributed by atoms with Crippen LogP contribution in [0.3, 0.4) is 0 Å². The molecule has 0 aliphatic rings. The molecular formula is C22H19F4N. The number of hydrogen-bond donors (Lipinski definition) is 0. The van der Waals surface area contributed by atoms with Crippen LogP contribution in [0, 0.1) is 5.82 Å². The molecule has 0 bridgehead atoms. The van der Waals surface area contributed by atoms with Gasteiger partial charge in [0.15, 0.2) is 0 Å². The standard InChI is InChI=1S/C22H19F4N/c1-2-3-4-17-9-10-18(13-20(17)23)15-5-7-16(8-6-15)19-11-12-21(27-14-19)22(24,25)26/h5-14H,2-4H2,1H3. The Hall–Kier alpha value is -2.69. The molecular weight excluding hydrogens is 354 g/mol. The summed E-state index contributed by atoms with van der Waals surface area (Å²) >= 11 is 0. The summed E-state index contributed by atoms with van der Waals surface area (Å²) in [5.74, 6) is -0.211. The smallest absolute Gasteiger partial charge is 0.251 e. The third kappa shape index (κ3) is 4.54. The second-order valence-electron chi connectivity index (χ2n) is 6.42. The maximum atomic E-state index is 14.2. The van der Waals surface area contributed by atoms with Gasteiger partial charge in [-0.05, 0) is 47.2 Å². The lowest BCUT2D eigenvalue weighted by Crippen LogP contribution is -2.07. The van der Waals surface area contributed by atoms with Gasteiger partial charge in [-0.2, -0.15) is 13.2 Å². The molecule has 3 rings (SSSR count). The highest BCUT2D eigenvalue weighted by atomic mass is 19.4. The lowest BCUT2D eigenvalue weighted by Gasteiger charge is -2.09. The van der Waals surface area contributed by atoms with E-state index in [0.29, 0.717) is 11.1 Å². The first-order valence-corrected chi connectivity index (χ1v) is 8.81. The minimum Gasteiger partial charge on any atom is -0.251 e. The molecule has 0 saturated heterocycles. The van der Waals surface area contributed by atoms with Crippen molar-refractivity contribution in [2.45, 2.75) is 32.4 Å². The first-order chi connectivity index (χ1) is 12.9. The molecule has 0 aliphatic heterocycles. The average Bonchev–Trinajstić information content (AvgIpc) is 2.66. The van der Waals surface area contributed by atoms with Crippen molar-refractivity contribution in [3.8, 4) is 22.3 Å². The predicted molar refractivity (Wildman–Crippen MR) is 98.7 cm³/mol. The fraction of sp³-hybridized carbons (Fsp3) is 0.227. The molecule has 0 amide bonds. The monoisotopic (exact) mass is 373 g/mol. The summed E-state index contributed by atoms with van der Waals surface area (Å²) < 4.78 is 52.0. The second-order valence-corrected chi connectivity index (χ2v) is 6.42. The van der Waals surface area contributed by atoms with Gasteiger partial charge in [-0.1, -0.05) is 55.8 Å². The largest absolute Gasteiger partial charge is 0.433 e. The van der Waals surface area contributed by atoms with Gasteiger partial charge in [-0.15, -0.1) is 0 Å². The quantitative estimate of drug-likeness (QED) is 0.443. The number of aromatic nitrogens is 1. The van der Waals surface area contributed by atoms with E-state index in [1.807, 2.05) is 24.3 Å². The van der Waals surface area contributed by atoms with E-state index in [-0.39, 0.29) is 5.82 Å². The van der Waals surface area contributed by atoms with Gasteiger partial charge in [-0.25, -0.2) is 4.39 Å². The summed E-state index contributed by atoms with van der Waals surface area (Å²) in [4.78, 5) is 3.48. The van der Waals surface area contributed by atoms with Crippen LogP contribution >= 0.6 is 0 Å². The summed E-state index contributed by atoms with van der Waals surface area (Å²) in [5.41, 5.74) is 2.76. The normalized spacial score (nSPS) is 11.6. The Morgan fingerprint density at radius 3 is 1.93 bits per heavy atom. The van der Waals surface area contributed by atoms with Crippen molar-refractivity contribution in [3.05, 3.63) is 77.9 Å².